The molecule has 1 fully saturated rings. The molecule has 2 amide bonds. The molecule has 1 N–H and O–H groups in total. The molecule has 2 aromatic carbocycles. The molecule has 0 spiro atoms. The fourth-order valence-electron chi connectivity index (χ4n) is 3.33. The number of methoxy groups -OCH3 is 1. The van der Waals surface area contributed by atoms with Crippen molar-refractivity contribution in [3.63, 3.8) is 0 Å². The number of rotatable bonds is 5. The summed E-state index contributed by atoms with van der Waals surface area (Å²) in [4.78, 5) is 21.5. The molecule has 7 heteroatoms. The number of anilines is 1. The first-order valence-electron chi connectivity index (χ1n) is 9.63. The van der Waals surface area contributed by atoms with Crippen molar-refractivity contribution in [3.8, 4) is 17.0 Å². The molecule has 0 bridgehead atoms. The second kappa shape index (κ2) is 9.07. The van der Waals surface area contributed by atoms with Gasteiger partial charge < -0.3 is 15.0 Å². The van der Waals surface area contributed by atoms with Gasteiger partial charge in [-0.3, -0.25) is 4.90 Å². The number of urea groups is 1. The standard InChI is InChI=1S/C22H24N4O2S/c1-28-19-9-5-8-18(14-19)23-22(27)26-12-10-25(11-13-26)15-21-24-20(16-29-21)17-6-3-2-4-7-17/h2-9,14,16H,10-13,15H2,1H3,(H,23,27). The van der Waals surface area contributed by atoms with Crippen molar-refractivity contribution in [2.45, 2.75) is 6.54 Å². The highest BCUT2D eigenvalue weighted by Crippen LogP contribution is 2.23. The lowest BCUT2D eigenvalue weighted by Gasteiger charge is -2.34. The van der Waals surface area contributed by atoms with Crippen molar-refractivity contribution in [2.75, 3.05) is 38.6 Å². The normalized spacial score (nSPS) is 14.6. The number of carbonyl (C=O) groups excluding carboxylic acids is 1. The fourth-order valence-corrected chi connectivity index (χ4v) is 4.17. The fraction of sp³-hybridized carbons (Fsp3) is 0.273. The van der Waals surface area contributed by atoms with Crippen LogP contribution in [0.3, 0.4) is 0 Å². The van der Waals surface area contributed by atoms with E-state index < -0.39 is 0 Å². The molecule has 2 heterocycles. The van der Waals surface area contributed by atoms with Crippen LogP contribution in [0.5, 0.6) is 5.75 Å². The van der Waals surface area contributed by atoms with Crippen LogP contribution in [0.2, 0.25) is 0 Å². The molecule has 0 atom stereocenters. The van der Waals surface area contributed by atoms with Gasteiger partial charge in [-0.05, 0) is 12.1 Å². The summed E-state index contributed by atoms with van der Waals surface area (Å²) in [5, 5.41) is 6.17. The van der Waals surface area contributed by atoms with Crippen LogP contribution in [-0.4, -0.2) is 54.1 Å². The van der Waals surface area contributed by atoms with Crippen molar-refractivity contribution in [1.29, 1.82) is 0 Å². The Labute approximate surface area is 174 Å². The monoisotopic (exact) mass is 408 g/mol. The van der Waals surface area contributed by atoms with Gasteiger partial charge in [0.15, 0.2) is 0 Å². The van der Waals surface area contributed by atoms with E-state index in [4.69, 9.17) is 9.72 Å². The largest absolute Gasteiger partial charge is 0.497 e. The number of nitrogens with zero attached hydrogens (tertiary/aromatic N) is 3. The van der Waals surface area contributed by atoms with Crippen LogP contribution in [0.15, 0.2) is 60.0 Å². The van der Waals surface area contributed by atoms with Crippen molar-refractivity contribution >= 4 is 23.1 Å². The van der Waals surface area contributed by atoms with E-state index >= 15 is 0 Å². The maximum absolute atomic E-state index is 12.5. The summed E-state index contributed by atoms with van der Waals surface area (Å²) in [6.07, 6.45) is 0. The molecular weight excluding hydrogens is 384 g/mol. The predicted molar refractivity (Wildman–Crippen MR) is 116 cm³/mol. The molecule has 6 nitrogen and oxygen atoms in total. The van der Waals surface area contributed by atoms with E-state index in [0.29, 0.717) is 13.1 Å². The zero-order chi connectivity index (χ0) is 20.1. The van der Waals surface area contributed by atoms with E-state index in [1.54, 1.807) is 18.4 Å². The first kappa shape index (κ1) is 19.4. The molecule has 1 saturated heterocycles. The lowest BCUT2D eigenvalue weighted by molar-refractivity contribution is 0.143. The number of nitrogens with one attached hydrogen (secondary N) is 1. The SMILES string of the molecule is COc1cccc(NC(=O)N2CCN(Cc3nc(-c4ccccc4)cs3)CC2)c1. The molecule has 1 aliphatic heterocycles. The van der Waals surface area contributed by atoms with Crippen LogP contribution < -0.4 is 10.1 Å². The summed E-state index contributed by atoms with van der Waals surface area (Å²) in [5.41, 5.74) is 2.92. The Morgan fingerprint density at radius 2 is 1.90 bits per heavy atom. The highest BCUT2D eigenvalue weighted by atomic mass is 32.1. The van der Waals surface area contributed by atoms with Crippen LogP contribution in [0, 0.1) is 0 Å². The molecule has 3 aromatic rings. The number of hydrogen-bond donors (Lipinski definition) is 1. The molecule has 0 unspecified atom stereocenters. The Bertz CT molecular complexity index is 952. The zero-order valence-electron chi connectivity index (χ0n) is 16.4. The third-order valence-corrected chi connectivity index (χ3v) is 5.79. The number of piperazine rings is 1. The highest BCUT2D eigenvalue weighted by molar-refractivity contribution is 7.09. The van der Waals surface area contributed by atoms with Gasteiger partial charge >= 0.3 is 6.03 Å². The van der Waals surface area contributed by atoms with E-state index in [-0.39, 0.29) is 6.03 Å². The number of hydrogen-bond acceptors (Lipinski definition) is 5. The smallest absolute Gasteiger partial charge is 0.321 e. The molecule has 1 aromatic heterocycles. The van der Waals surface area contributed by atoms with Gasteiger partial charge in [0, 0.05) is 48.9 Å². The molecule has 1 aliphatic rings. The Kier molecular flexibility index (Phi) is 6.07. The first-order chi connectivity index (χ1) is 14.2. The topological polar surface area (TPSA) is 57.7 Å². The second-order valence-electron chi connectivity index (χ2n) is 6.92. The van der Waals surface area contributed by atoms with E-state index in [2.05, 4.69) is 27.7 Å². The number of benzene rings is 2. The van der Waals surface area contributed by atoms with Gasteiger partial charge in [0.25, 0.3) is 0 Å². The van der Waals surface area contributed by atoms with Crippen LogP contribution in [0.4, 0.5) is 10.5 Å². The first-order valence-corrected chi connectivity index (χ1v) is 10.5. The minimum absolute atomic E-state index is 0.0708. The predicted octanol–water partition coefficient (Wildman–Crippen LogP) is 4.17. The summed E-state index contributed by atoms with van der Waals surface area (Å²) >= 11 is 1.69. The van der Waals surface area contributed by atoms with Gasteiger partial charge in [0.1, 0.15) is 10.8 Å². The number of thiazole rings is 1. The van der Waals surface area contributed by atoms with E-state index in [9.17, 15) is 4.79 Å². The van der Waals surface area contributed by atoms with E-state index in [0.717, 1.165) is 47.3 Å². The lowest BCUT2D eigenvalue weighted by Crippen LogP contribution is -2.49. The molecule has 4 rings (SSSR count). The Morgan fingerprint density at radius 1 is 1.10 bits per heavy atom. The molecular formula is C22H24N4O2S. The number of carbonyl (C=O) groups is 1. The summed E-state index contributed by atoms with van der Waals surface area (Å²) in [7, 11) is 1.62. The van der Waals surface area contributed by atoms with Gasteiger partial charge in [-0.25, -0.2) is 9.78 Å². The Morgan fingerprint density at radius 3 is 2.66 bits per heavy atom. The molecule has 0 radical (unpaired) electrons. The molecule has 150 valence electrons. The third-order valence-electron chi connectivity index (χ3n) is 4.96. The quantitative estimate of drug-likeness (QED) is 0.688. The Hall–Kier alpha value is -2.90. The summed E-state index contributed by atoms with van der Waals surface area (Å²) < 4.78 is 5.21. The number of aromatic nitrogens is 1. The maximum atomic E-state index is 12.5. The minimum Gasteiger partial charge on any atom is -0.497 e. The van der Waals surface area contributed by atoms with Crippen LogP contribution in [0.25, 0.3) is 11.3 Å². The molecule has 29 heavy (non-hydrogen) atoms. The summed E-state index contributed by atoms with van der Waals surface area (Å²) in [6, 6.07) is 17.6. The molecule has 0 aliphatic carbocycles. The van der Waals surface area contributed by atoms with E-state index in [1.165, 1.54) is 0 Å². The average molecular weight is 409 g/mol. The van der Waals surface area contributed by atoms with Crippen molar-refractivity contribution < 1.29 is 9.53 Å². The van der Waals surface area contributed by atoms with Gasteiger partial charge in [-0.1, -0.05) is 36.4 Å². The number of ether oxygens (including phenoxy) is 1. The van der Waals surface area contributed by atoms with Crippen LogP contribution in [0.1, 0.15) is 5.01 Å². The van der Waals surface area contributed by atoms with Gasteiger partial charge in [-0.2, -0.15) is 0 Å². The summed E-state index contributed by atoms with van der Waals surface area (Å²) in [6.45, 7) is 3.90. The van der Waals surface area contributed by atoms with Gasteiger partial charge in [0.05, 0.1) is 19.3 Å². The van der Waals surface area contributed by atoms with Crippen LogP contribution in [-0.2, 0) is 6.54 Å². The van der Waals surface area contributed by atoms with Gasteiger partial charge in [0.2, 0.25) is 0 Å². The summed E-state index contributed by atoms with van der Waals surface area (Å²) in [5.74, 6) is 0.728. The van der Waals surface area contributed by atoms with Crippen molar-refractivity contribution in [1.82, 2.24) is 14.8 Å². The molecule has 0 saturated carbocycles. The second-order valence-corrected chi connectivity index (χ2v) is 7.86. The van der Waals surface area contributed by atoms with E-state index in [1.807, 2.05) is 47.4 Å². The van der Waals surface area contributed by atoms with Crippen LogP contribution >= 0.6 is 11.3 Å². The van der Waals surface area contributed by atoms with Crippen molar-refractivity contribution in [2.24, 2.45) is 0 Å². The zero-order valence-corrected chi connectivity index (χ0v) is 17.2. The minimum atomic E-state index is -0.0708. The Balaban J connectivity index is 1.28. The number of amides is 2. The average Bonchev–Trinajstić information content (AvgIpc) is 3.23. The lowest BCUT2D eigenvalue weighted by atomic mass is 10.2. The highest BCUT2D eigenvalue weighted by Gasteiger charge is 2.22. The third kappa shape index (κ3) is 4.93. The van der Waals surface area contributed by atoms with Crippen molar-refractivity contribution in [3.05, 3.63) is 65.0 Å². The van der Waals surface area contributed by atoms with Gasteiger partial charge in [-0.15, -0.1) is 11.3 Å². The maximum Gasteiger partial charge on any atom is 0.321 e.